The molecule has 0 amide bonds. The first-order chi connectivity index (χ1) is 20.1. The zero-order valence-corrected chi connectivity index (χ0v) is 25.4. The molecule has 1 aromatic heterocycles. The fourth-order valence-electron chi connectivity index (χ4n) is 6.09. The Bertz CT molecular complexity index is 1500. The van der Waals surface area contributed by atoms with E-state index in [4.69, 9.17) is 16.3 Å². The zero-order chi connectivity index (χ0) is 30.0. The number of carboxylic acid groups (broad SMARTS) is 1. The van der Waals surface area contributed by atoms with Crippen LogP contribution >= 0.6 is 22.9 Å². The number of methoxy groups -OCH3 is 1. The molecule has 42 heavy (non-hydrogen) atoms. The average molecular weight is 639 g/mol. The number of aliphatic carboxylic acids is 1. The number of benzene rings is 1. The minimum Gasteiger partial charge on any atom is -0.478 e. The molecule has 3 aliphatic rings. The molecular weight excluding hydrogens is 607 g/mol. The SMILES string of the molecule is COC(=O)C1CCC(CS(=O)(=O)N2CCC(C3=C(C(=O)O)C(c4cccc(F)c4Cl)N=C(c4nccs4)N3)CC2)CC1. The molecule has 2 aromatic rings. The number of carboxylic acids is 1. The molecule has 14 heteroatoms. The fourth-order valence-corrected chi connectivity index (χ4v) is 8.81. The lowest BCUT2D eigenvalue weighted by atomic mass is 9.83. The van der Waals surface area contributed by atoms with Crippen LogP contribution in [0.5, 0.6) is 0 Å². The third kappa shape index (κ3) is 6.38. The van der Waals surface area contributed by atoms with Gasteiger partial charge >= 0.3 is 11.9 Å². The van der Waals surface area contributed by atoms with Crippen LogP contribution in [-0.4, -0.2) is 66.5 Å². The number of halogens is 2. The van der Waals surface area contributed by atoms with E-state index in [2.05, 4.69) is 15.3 Å². The number of aliphatic imine (C=N–C) groups is 1. The number of nitrogens with one attached hydrogen (secondary N) is 1. The Balaban J connectivity index is 1.35. The van der Waals surface area contributed by atoms with Crippen molar-refractivity contribution in [3.8, 4) is 0 Å². The van der Waals surface area contributed by atoms with E-state index in [1.165, 1.54) is 34.9 Å². The van der Waals surface area contributed by atoms with Crippen molar-refractivity contribution in [1.29, 1.82) is 0 Å². The molecule has 2 fully saturated rings. The van der Waals surface area contributed by atoms with E-state index >= 15 is 0 Å². The molecule has 1 saturated heterocycles. The van der Waals surface area contributed by atoms with E-state index in [0.29, 0.717) is 55.1 Å². The minimum absolute atomic E-state index is 0.0217. The summed E-state index contributed by atoms with van der Waals surface area (Å²) in [4.78, 5) is 33.4. The number of nitrogens with zero attached hydrogens (tertiary/aromatic N) is 3. The van der Waals surface area contributed by atoms with Gasteiger partial charge in [-0.25, -0.2) is 26.9 Å². The molecule has 1 aliphatic carbocycles. The quantitative estimate of drug-likeness (QED) is 0.406. The molecule has 2 aliphatic heterocycles. The van der Waals surface area contributed by atoms with Crippen molar-refractivity contribution in [2.45, 2.75) is 44.6 Å². The molecule has 0 radical (unpaired) electrons. The van der Waals surface area contributed by atoms with Crippen molar-refractivity contribution in [2.75, 3.05) is 26.0 Å². The maximum absolute atomic E-state index is 14.4. The van der Waals surface area contributed by atoms with E-state index in [1.807, 2.05) is 0 Å². The van der Waals surface area contributed by atoms with Crippen LogP contribution in [0.3, 0.4) is 0 Å². The van der Waals surface area contributed by atoms with E-state index < -0.39 is 27.9 Å². The molecule has 3 heterocycles. The number of piperidine rings is 1. The number of allylic oxidation sites excluding steroid dienone is 1. The summed E-state index contributed by atoms with van der Waals surface area (Å²) >= 11 is 7.61. The highest BCUT2D eigenvalue weighted by Gasteiger charge is 2.39. The molecule has 1 aromatic carbocycles. The highest BCUT2D eigenvalue weighted by atomic mass is 35.5. The highest BCUT2D eigenvalue weighted by Crippen LogP contribution is 2.40. The van der Waals surface area contributed by atoms with Crippen molar-refractivity contribution >= 4 is 50.7 Å². The molecule has 0 spiro atoms. The van der Waals surface area contributed by atoms with Crippen LogP contribution in [0.1, 0.15) is 55.1 Å². The van der Waals surface area contributed by atoms with E-state index in [1.54, 1.807) is 17.6 Å². The number of amidine groups is 1. The van der Waals surface area contributed by atoms with Gasteiger partial charge in [-0.15, -0.1) is 11.3 Å². The van der Waals surface area contributed by atoms with Gasteiger partial charge in [0.05, 0.1) is 29.4 Å². The number of ether oxygens (including phenoxy) is 1. The number of thiazole rings is 1. The van der Waals surface area contributed by atoms with Gasteiger partial charge in [-0.1, -0.05) is 23.7 Å². The van der Waals surface area contributed by atoms with Gasteiger partial charge in [-0.2, -0.15) is 0 Å². The summed E-state index contributed by atoms with van der Waals surface area (Å²) in [5, 5.41) is 15.6. The normalized spacial score (nSPS) is 24.2. The van der Waals surface area contributed by atoms with Crippen LogP contribution in [0.15, 0.2) is 46.0 Å². The smallest absolute Gasteiger partial charge is 0.335 e. The summed E-state index contributed by atoms with van der Waals surface area (Å²) in [6.07, 6.45) is 4.92. The van der Waals surface area contributed by atoms with Gasteiger partial charge in [-0.05, 0) is 50.5 Å². The predicted octanol–water partition coefficient (Wildman–Crippen LogP) is 4.39. The molecule has 0 bridgehead atoms. The standard InChI is InChI=1S/C28H32ClFN4O6S2/c1-40-28(37)18-7-5-16(6-8-18)15-42(38,39)34-12-9-17(10-13-34)23-21(27(35)36)24(19-3-2-4-20(30)22(19)29)33-25(32-23)26-31-11-14-41-26/h2-4,11,14,16-18,24H,5-10,12-13,15H2,1H3,(H,32,33)(H,35,36). The van der Waals surface area contributed by atoms with Gasteiger partial charge in [0.25, 0.3) is 0 Å². The Labute approximate surface area is 252 Å². The maximum Gasteiger partial charge on any atom is 0.335 e. The highest BCUT2D eigenvalue weighted by molar-refractivity contribution is 7.89. The summed E-state index contributed by atoms with van der Waals surface area (Å²) in [6, 6.07) is 3.13. The molecule has 2 N–H and O–H groups in total. The second-order valence-corrected chi connectivity index (χ2v) is 14.1. The van der Waals surface area contributed by atoms with Crippen LogP contribution in [0.25, 0.3) is 0 Å². The summed E-state index contributed by atoms with van der Waals surface area (Å²) in [6.45, 7) is 0.468. The van der Waals surface area contributed by atoms with Crippen molar-refractivity contribution in [2.24, 2.45) is 22.7 Å². The van der Waals surface area contributed by atoms with Gasteiger partial charge in [0.15, 0.2) is 10.8 Å². The van der Waals surface area contributed by atoms with Gasteiger partial charge in [-0.3, -0.25) is 9.79 Å². The fraction of sp³-hybridized carbons (Fsp3) is 0.500. The molecule has 226 valence electrons. The van der Waals surface area contributed by atoms with Crippen LogP contribution in [0.2, 0.25) is 5.02 Å². The summed E-state index contributed by atoms with van der Waals surface area (Å²) in [5.74, 6) is -2.27. The molecule has 5 rings (SSSR count). The van der Waals surface area contributed by atoms with Crippen molar-refractivity contribution in [1.82, 2.24) is 14.6 Å². The number of esters is 1. The second kappa shape index (κ2) is 12.8. The van der Waals surface area contributed by atoms with Gasteiger partial charge in [0.2, 0.25) is 10.0 Å². The molecule has 10 nitrogen and oxygen atoms in total. The van der Waals surface area contributed by atoms with Crippen molar-refractivity contribution in [3.63, 3.8) is 0 Å². The van der Waals surface area contributed by atoms with Gasteiger partial charge < -0.3 is 15.2 Å². The molecular formula is C28H32ClFN4O6S2. The number of carbonyl (C=O) groups is 2. The Morgan fingerprint density at radius 1 is 1.19 bits per heavy atom. The number of rotatable bonds is 8. The molecule has 1 saturated carbocycles. The zero-order valence-electron chi connectivity index (χ0n) is 23.0. The minimum atomic E-state index is -3.55. The van der Waals surface area contributed by atoms with Crippen LogP contribution in [0, 0.1) is 23.6 Å². The third-order valence-corrected chi connectivity index (χ3v) is 11.5. The lowest BCUT2D eigenvalue weighted by Gasteiger charge is -2.36. The number of carbonyl (C=O) groups excluding carboxylic acids is 1. The Hall–Kier alpha value is -2.87. The number of sulfonamides is 1. The summed E-state index contributed by atoms with van der Waals surface area (Å²) in [5.41, 5.74) is 0.585. The second-order valence-electron chi connectivity index (χ2n) is 10.8. The Kier molecular flexibility index (Phi) is 9.31. The van der Waals surface area contributed by atoms with Crippen LogP contribution < -0.4 is 5.32 Å². The third-order valence-electron chi connectivity index (χ3n) is 8.30. The largest absolute Gasteiger partial charge is 0.478 e. The summed E-state index contributed by atoms with van der Waals surface area (Å²) in [7, 11) is -2.18. The predicted molar refractivity (Wildman–Crippen MR) is 156 cm³/mol. The van der Waals surface area contributed by atoms with E-state index in [-0.39, 0.29) is 58.7 Å². The topological polar surface area (TPSA) is 138 Å². The van der Waals surface area contributed by atoms with Crippen molar-refractivity contribution < 1.29 is 32.2 Å². The first kappa shape index (κ1) is 30.6. The van der Waals surface area contributed by atoms with E-state index in [9.17, 15) is 27.5 Å². The maximum atomic E-state index is 14.4. The lowest BCUT2D eigenvalue weighted by Crippen LogP contribution is -2.44. The average Bonchev–Trinajstić information content (AvgIpc) is 3.53. The first-order valence-corrected chi connectivity index (χ1v) is 16.7. The Morgan fingerprint density at radius 3 is 2.52 bits per heavy atom. The molecule has 1 unspecified atom stereocenters. The van der Waals surface area contributed by atoms with Crippen LogP contribution in [0.4, 0.5) is 4.39 Å². The number of hydrogen-bond acceptors (Lipinski definition) is 9. The van der Waals surface area contributed by atoms with Gasteiger partial charge in [0, 0.05) is 41.8 Å². The van der Waals surface area contributed by atoms with E-state index in [0.717, 1.165) is 0 Å². The van der Waals surface area contributed by atoms with Crippen LogP contribution in [-0.2, 0) is 24.3 Å². The number of hydrogen-bond donors (Lipinski definition) is 2. The monoisotopic (exact) mass is 638 g/mol. The summed E-state index contributed by atoms with van der Waals surface area (Å²) < 4.78 is 47.4. The first-order valence-electron chi connectivity index (χ1n) is 13.8. The lowest BCUT2D eigenvalue weighted by molar-refractivity contribution is -0.146. The molecule has 1 atom stereocenters. The van der Waals surface area contributed by atoms with Gasteiger partial charge in [0.1, 0.15) is 11.9 Å². The Morgan fingerprint density at radius 2 is 1.90 bits per heavy atom. The number of aromatic nitrogens is 1. The van der Waals surface area contributed by atoms with Crippen molar-refractivity contribution in [3.05, 3.63) is 62.5 Å².